The van der Waals surface area contributed by atoms with E-state index in [2.05, 4.69) is 20.9 Å². The first-order chi connectivity index (χ1) is 12.0. The Bertz CT molecular complexity index is 694. The normalized spacial score (nSPS) is 25.5. The van der Waals surface area contributed by atoms with Gasteiger partial charge in [0.25, 0.3) is 0 Å². The molecule has 1 atom stereocenters. The maximum absolute atomic E-state index is 14.6. The fourth-order valence-electron chi connectivity index (χ4n) is 3.94. The van der Waals surface area contributed by atoms with Gasteiger partial charge < -0.3 is 15.5 Å². The number of nitrogens with one attached hydrogen (secondary N) is 3. The number of carbonyl (C=O) groups excluding carboxylic acids is 2. The lowest BCUT2D eigenvalue weighted by atomic mass is 9.73. The van der Waals surface area contributed by atoms with Gasteiger partial charge in [0, 0.05) is 38.3 Å². The van der Waals surface area contributed by atoms with E-state index in [1.807, 2.05) is 0 Å². The van der Waals surface area contributed by atoms with E-state index in [1.165, 1.54) is 6.07 Å². The molecule has 3 saturated heterocycles. The molecule has 0 aliphatic carbocycles. The van der Waals surface area contributed by atoms with Crippen molar-refractivity contribution in [3.8, 4) is 0 Å². The molecule has 3 aliphatic rings. The SMILES string of the molecule is O=C1CCC(Nc2ccc(N3CCC4(CC3)CNC4)c(F)c2)C(=O)N1. The van der Waals surface area contributed by atoms with Crippen molar-refractivity contribution in [1.29, 1.82) is 0 Å². The zero-order valence-corrected chi connectivity index (χ0v) is 14.1. The Hall–Kier alpha value is -2.15. The molecule has 134 valence electrons. The van der Waals surface area contributed by atoms with Crippen molar-refractivity contribution in [2.45, 2.75) is 31.7 Å². The van der Waals surface area contributed by atoms with Crippen LogP contribution < -0.4 is 20.9 Å². The molecule has 1 unspecified atom stereocenters. The Morgan fingerprint density at radius 1 is 1.20 bits per heavy atom. The van der Waals surface area contributed by atoms with E-state index in [0.29, 0.717) is 29.6 Å². The summed E-state index contributed by atoms with van der Waals surface area (Å²) in [6, 6.07) is 4.52. The van der Waals surface area contributed by atoms with Crippen LogP contribution in [0, 0.1) is 11.2 Å². The van der Waals surface area contributed by atoms with Crippen LogP contribution in [0.25, 0.3) is 0 Å². The summed E-state index contributed by atoms with van der Waals surface area (Å²) in [7, 11) is 0. The molecule has 4 rings (SSSR count). The lowest BCUT2D eigenvalue weighted by molar-refractivity contribution is -0.133. The minimum absolute atomic E-state index is 0.255. The van der Waals surface area contributed by atoms with Gasteiger partial charge in [0.15, 0.2) is 0 Å². The molecule has 0 radical (unpaired) electrons. The molecule has 0 aromatic heterocycles. The third kappa shape index (κ3) is 3.20. The molecule has 25 heavy (non-hydrogen) atoms. The zero-order valence-electron chi connectivity index (χ0n) is 14.1. The summed E-state index contributed by atoms with van der Waals surface area (Å²) in [5.41, 5.74) is 1.61. The Morgan fingerprint density at radius 3 is 2.56 bits per heavy atom. The first kappa shape index (κ1) is 16.3. The maximum Gasteiger partial charge on any atom is 0.249 e. The van der Waals surface area contributed by atoms with Crippen LogP contribution in [0.1, 0.15) is 25.7 Å². The minimum atomic E-state index is -0.496. The monoisotopic (exact) mass is 346 g/mol. The maximum atomic E-state index is 14.6. The highest BCUT2D eigenvalue weighted by Gasteiger charge is 2.39. The number of nitrogens with zero attached hydrogens (tertiary/aromatic N) is 1. The van der Waals surface area contributed by atoms with Gasteiger partial charge in [0.2, 0.25) is 11.8 Å². The molecule has 2 amide bonds. The standard InChI is InChI=1S/C18H23FN4O2/c19-13-9-12(21-14-2-4-16(24)22-17(14)25)1-3-15(13)23-7-5-18(6-8-23)10-20-11-18/h1,3,9,14,20-21H,2,4-8,10-11H2,(H,22,24,25). The number of hydrogen-bond acceptors (Lipinski definition) is 5. The molecule has 3 heterocycles. The first-order valence-corrected chi connectivity index (χ1v) is 8.90. The van der Waals surface area contributed by atoms with E-state index in [9.17, 15) is 14.0 Å². The second kappa shape index (κ2) is 6.29. The second-order valence-electron chi connectivity index (χ2n) is 7.40. The average molecular weight is 346 g/mol. The number of imide groups is 1. The van der Waals surface area contributed by atoms with Crippen molar-refractivity contribution in [3.63, 3.8) is 0 Å². The number of piperidine rings is 2. The van der Waals surface area contributed by atoms with Crippen LogP contribution in [0.3, 0.4) is 0 Å². The van der Waals surface area contributed by atoms with Crippen LogP contribution in [0.2, 0.25) is 0 Å². The van der Waals surface area contributed by atoms with Gasteiger partial charge in [-0.05, 0) is 42.9 Å². The second-order valence-corrected chi connectivity index (χ2v) is 7.40. The predicted molar refractivity (Wildman–Crippen MR) is 92.9 cm³/mol. The number of carbonyl (C=O) groups is 2. The lowest BCUT2D eigenvalue weighted by Crippen LogP contribution is -2.58. The van der Waals surface area contributed by atoms with Crippen molar-refractivity contribution < 1.29 is 14.0 Å². The predicted octanol–water partition coefficient (Wildman–Crippen LogP) is 1.23. The molecule has 1 aromatic carbocycles. The molecule has 6 nitrogen and oxygen atoms in total. The lowest BCUT2D eigenvalue weighted by Gasteiger charge is -2.49. The van der Waals surface area contributed by atoms with Crippen LogP contribution in [0.5, 0.6) is 0 Å². The van der Waals surface area contributed by atoms with E-state index in [1.54, 1.807) is 12.1 Å². The highest BCUT2D eigenvalue weighted by atomic mass is 19.1. The van der Waals surface area contributed by atoms with Gasteiger partial charge in [0.1, 0.15) is 11.9 Å². The number of halogens is 1. The first-order valence-electron chi connectivity index (χ1n) is 8.90. The molecule has 3 fully saturated rings. The number of rotatable bonds is 3. The number of hydrogen-bond donors (Lipinski definition) is 3. The molecule has 0 saturated carbocycles. The molecule has 1 spiro atoms. The zero-order chi connectivity index (χ0) is 17.4. The van der Waals surface area contributed by atoms with Gasteiger partial charge in [0.05, 0.1) is 5.69 Å². The van der Waals surface area contributed by atoms with Crippen molar-refractivity contribution in [1.82, 2.24) is 10.6 Å². The molecule has 3 aliphatic heterocycles. The summed E-state index contributed by atoms with van der Waals surface area (Å²) >= 11 is 0. The Morgan fingerprint density at radius 2 is 1.96 bits per heavy atom. The van der Waals surface area contributed by atoms with E-state index in [0.717, 1.165) is 39.0 Å². The van der Waals surface area contributed by atoms with E-state index >= 15 is 0 Å². The summed E-state index contributed by atoms with van der Waals surface area (Å²) in [5.74, 6) is -0.884. The van der Waals surface area contributed by atoms with Crippen molar-refractivity contribution in [3.05, 3.63) is 24.0 Å². The quantitative estimate of drug-likeness (QED) is 0.718. The van der Waals surface area contributed by atoms with Crippen molar-refractivity contribution in [2.24, 2.45) is 5.41 Å². The van der Waals surface area contributed by atoms with Gasteiger partial charge >= 0.3 is 0 Å². The molecule has 0 bridgehead atoms. The van der Waals surface area contributed by atoms with Crippen molar-refractivity contribution in [2.75, 3.05) is 36.4 Å². The molecular formula is C18H23FN4O2. The third-order valence-electron chi connectivity index (χ3n) is 5.69. The summed E-state index contributed by atoms with van der Waals surface area (Å²) in [6.45, 7) is 3.91. The largest absolute Gasteiger partial charge is 0.374 e. The average Bonchev–Trinajstić information content (AvgIpc) is 2.56. The summed E-state index contributed by atoms with van der Waals surface area (Å²) < 4.78 is 14.6. The number of anilines is 2. The summed E-state index contributed by atoms with van der Waals surface area (Å²) in [5, 5.41) is 8.66. The highest BCUT2D eigenvalue weighted by molar-refractivity contribution is 6.01. The van der Waals surface area contributed by atoms with Gasteiger partial charge in [-0.3, -0.25) is 14.9 Å². The topological polar surface area (TPSA) is 73.5 Å². The Labute approximate surface area is 146 Å². The molecule has 7 heteroatoms. The van der Waals surface area contributed by atoms with Gasteiger partial charge in [-0.2, -0.15) is 0 Å². The summed E-state index contributed by atoms with van der Waals surface area (Å²) in [4.78, 5) is 25.1. The number of amides is 2. The smallest absolute Gasteiger partial charge is 0.249 e. The van der Waals surface area contributed by atoms with Crippen LogP contribution in [0.15, 0.2) is 18.2 Å². The van der Waals surface area contributed by atoms with E-state index in [4.69, 9.17) is 0 Å². The van der Waals surface area contributed by atoms with Crippen LogP contribution in [-0.4, -0.2) is 44.0 Å². The van der Waals surface area contributed by atoms with Crippen LogP contribution in [-0.2, 0) is 9.59 Å². The van der Waals surface area contributed by atoms with E-state index < -0.39 is 6.04 Å². The fraction of sp³-hybridized carbons (Fsp3) is 0.556. The fourth-order valence-corrected chi connectivity index (χ4v) is 3.94. The third-order valence-corrected chi connectivity index (χ3v) is 5.69. The van der Waals surface area contributed by atoms with Gasteiger partial charge in [-0.25, -0.2) is 4.39 Å². The van der Waals surface area contributed by atoms with Crippen molar-refractivity contribution >= 4 is 23.2 Å². The van der Waals surface area contributed by atoms with E-state index in [-0.39, 0.29) is 17.6 Å². The van der Waals surface area contributed by atoms with Crippen LogP contribution >= 0.6 is 0 Å². The highest BCUT2D eigenvalue weighted by Crippen LogP contribution is 2.37. The molecule has 3 N–H and O–H groups in total. The number of benzene rings is 1. The van der Waals surface area contributed by atoms with Crippen LogP contribution in [0.4, 0.5) is 15.8 Å². The summed E-state index contributed by atoms with van der Waals surface area (Å²) in [6.07, 6.45) is 2.91. The molecular weight excluding hydrogens is 323 g/mol. The van der Waals surface area contributed by atoms with Gasteiger partial charge in [-0.1, -0.05) is 0 Å². The van der Waals surface area contributed by atoms with Gasteiger partial charge in [-0.15, -0.1) is 0 Å². The Balaban J connectivity index is 1.41. The Kier molecular flexibility index (Phi) is 4.11. The molecule has 1 aromatic rings. The minimum Gasteiger partial charge on any atom is -0.374 e.